The van der Waals surface area contributed by atoms with E-state index in [-0.39, 0.29) is 6.04 Å². The third kappa shape index (κ3) is 2.51. The Hall–Kier alpha value is -1.88. The van der Waals surface area contributed by atoms with Gasteiger partial charge < -0.3 is 10.5 Å². The molecule has 0 amide bonds. The first-order valence-corrected chi connectivity index (χ1v) is 5.85. The Morgan fingerprint density at radius 1 is 1.44 bits per heavy atom. The molecular formula is C13H18N4O. The maximum absolute atomic E-state index is 6.24. The van der Waals surface area contributed by atoms with E-state index in [1.54, 1.807) is 11.8 Å². The topological polar surface area (TPSA) is 66.0 Å². The summed E-state index contributed by atoms with van der Waals surface area (Å²) in [5.41, 5.74) is 8.41. The van der Waals surface area contributed by atoms with Crippen molar-refractivity contribution < 1.29 is 4.74 Å². The number of aromatic nitrogens is 3. The fourth-order valence-electron chi connectivity index (χ4n) is 1.96. The van der Waals surface area contributed by atoms with Crippen molar-refractivity contribution in [2.45, 2.75) is 19.4 Å². The van der Waals surface area contributed by atoms with Gasteiger partial charge in [-0.3, -0.25) is 4.68 Å². The lowest BCUT2D eigenvalue weighted by molar-refractivity contribution is 0.404. The first-order valence-electron chi connectivity index (χ1n) is 5.85. The Morgan fingerprint density at radius 3 is 2.83 bits per heavy atom. The van der Waals surface area contributed by atoms with Crippen molar-refractivity contribution in [2.75, 3.05) is 7.11 Å². The molecule has 1 unspecified atom stereocenters. The zero-order chi connectivity index (χ0) is 13.1. The summed E-state index contributed by atoms with van der Waals surface area (Å²) in [5.74, 6) is 1.68. The van der Waals surface area contributed by atoms with Crippen molar-refractivity contribution in [1.29, 1.82) is 0 Å². The van der Waals surface area contributed by atoms with E-state index < -0.39 is 0 Å². The van der Waals surface area contributed by atoms with E-state index in [2.05, 4.69) is 16.1 Å². The van der Waals surface area contributed by atoms with Crippen LogP contribution < -0.4 is 10.5 Å². The lowest BCUT2D eigenvalue weighted by atomic mass is 10.0. The number of rotatable bonds is 4. The highest BCUT2D eigenvalue weighted by atomic mass is 16.5. The highest BCUT2D eigenvalue weighted by Crippen LogP contribution is 2.26. The Bertz CT molecular complexity index is 536. The van der Waals surface area contributed by atoms with Crippen molar-refractivity contribution in [1.82, 2.24) is 14.8 Å². The SMILES string of the molecule is COc1ccc(C)cc1C(N)Cc1ncnn1C. The van der Waals surface area contributed by atoms with Gasteiger partial charge in [-0.1, -0.05) is 17.7 Å². The fraction of sp³-hybridized carbons (Fsp3) is 0.385. The number of hydrogen-bond donors (Lipinski definition) is 1. The fourth-order valence-corrected chi connectivity index (χ4v) is 1.96. The first-order chi connectivity index (χ1) is 8.61. The van der Waals surface area contributed by atoms with Crippen LogP contribution in [-0.4, -0.2) is 21.9 Å². The maximum atomic E-state index is 6.24. The van der Waals surface area contributed by atoms with Gasteiger partial charge in [0.25, 0.3) is 0 Å². The molecule has 0 aliphatic rings. The van der Waals surface area contributed by atoms with Crippen molar-refractivity contribution >= 4 is 0 Å². The Morgan fingerprint density at radius 2 is 2.22 bits per heavy atom. The molecule has 2 rings (SSSR count). The summed E-state index contributed by atoms with van der Waals surface area (Å²) in [4.78, 5) is 4.19. The molecule has 1 atom stereocenters. The van der Waals surface area contributed by atoms with Gasteiger partial charge in [0.05, 0.1) is 7.11 Å². The molecule has 0 bridgehead atoms. The predicted molar refractivity (Wildman–Crippen MR) is 69.4 cm³/mol. The second-order valence-electron chi connectivity index (χ2n) is 4.36. The van der Waals surface area contributed by atoms with Crippen LogP contribution in [-0.2, 0) is 13.5 Å². The highest BCUT2D eigenvalue weighted by molar-refractivity contribution is 5.39. The molecule has 0 radical (unpaired) electrons. The van der Waals surface area contributed by atoms with Gasteiger partial charge in [-0.15, -0.1) is 0 Å². The van der Waals surface area contributed by atoms with Crippen LogP contribution in [0.1, 0.15) is 23.0 Å². The van der Waals surface area contributed by atoms with Gasteiger partial charge >= 0.3 is 0 Å². The van der Waals surface area contributed by atoms with E-state index in [9.17, 15) is 0 Å². The summed E-state index contributed by atoms with van der Waals surface area (Å²) in [5, 5.41) is 4.04. The number of nitrogens with zero attached hydrogens (tertiary/aromatic N) is 3. The number of benzene rings is 1. The molecule has 0 aliphatic carbocycles. The molecule has 5 heteroatoms. The van der Waals surface area contributed by atoms with E-state index in [1.165, 1.54) is 11.9 Å². The van der Waals surface area contributed by atoms with Gasteiger partial charge in [0.2, 0.25) is 0 Å². The molecule has 0 saturated heterocycles. The average molecular weight is 246 g/mol. The van der Waals surface area contributed by atoms with Crippen LogP contribution >= 0.6 is 0 Å². The summed E-state index contributed by atoms with van der Waals surface area (Å²) >= 11 is 0. The Labute approximate surface area is 107 Å². The van der Waals surface area contributed by atoms with Gasteiger partial charge in [0.15, 0.2) is 0 Å². The van der Waals surface area contributed by atoms with Crippen LogP contribution in [0.5, 0.6) is 5.75 Å². The van der Waals surface area contributed by atoms with Crippen molar-refractivity contribution in [3.63, 3.8) is 0 Å². The number of methoxy groups -OCH3 is 1. The molecular weight excluding hydrogens is 228 g/mol. The maximum Gasteiger partial charge on any atom is 0.138 e. The molecule has 1 aromatic carbocycles. The zero-order valence-electron chi connectivity index (χ0n) is 10.9. The third-order valence-electron chi connectivity index (χ3n) is 2.99. The second-order valence-corrected chi connectivity index (χ2v) is 4.36. The average Bonchev–Trinajstić information content (AvgIpc) is 2.75. The summed E-state index contributed by atoms with van der Waals surface area (Å²) in [6.45, 7) is 2.04. The molecule has 2 N–H and O–H groups in total. The van der Waals surface area contributed by atoms with Gasteiger partial charge in [0.1, 0.15) is 17.9 Å². The van der Waals surface area contributed by atoms with Crippen LogP contribution in [0.4, 0.5) is 0 Å². The summed E-state index contributed by atoms with van der Waals surface area (Å²) in [6, 6.07) is 5.86. The monoisotopic (exact) mass is 246 g/mol. The van der Waals surface area contributed by atoms with Crippen LogP contribution in [0.2, 0.25) is 0 Å². The van der Waals surface area contributed by atoms with Crippen molar-refractivity contribution in [3.8, 4) is 5.75 Å². The third-order valence-corrected chi connectivity index (χ3v) is 2.99. The van der Waals surface area contributed by atoms with Crippen LogP contribution in [0.15, 0.2) is 24.5 Å². The van der Waals surface area contributed by atoms with Gasteiger partial charge in [0, 0.05) is 25.1 Å². The molecule has 0 saturated carbocycles. The quantitative estimate of drug-likeness (QED) is 0.885. The van der Waals surface area contributed by atoms with Gasteiger partial charge in [-0.2, -0.15) is 5.10 Å². The van der Waals surface area contributed by atoms with Crippen LogP contribution in [0, 0.1) is 6.92 Å². The molecule has 0 aliphatic heterocycles. The van der Waals surface area contributed by atoms with Gasteiger partial charge in [-0.05, 0) is 13.0 Å². The Kier molecular flexibility index (Phi) is 3.62. The summed E-state index contributed by atoms with van der Waals surface area (Å²) < 4.78 is 7.09. The predicted octanol–water partition coefficient (Wildman–Crippen LogP) is 1.37. The molecule has 96 valence electrons. The molecule has 1 heterocycles. The van der Waals surface area contributed by atoms with Crippen LogP contribution in [0.3, 0.4) is 0 Å². The molecule has 1 aromatic heterocycles. The van der Waals surface area contributed by atoms with E-state index in [1.807, 2.05) is 26.1 Å². The van der Waals surface area contributed by atoms with Crippen LogP contribution in [0.25, 0.3) is 0 Å². The normalized spacial score (nSPS) is 12.4. The van der Waals surface area contributed by atoms with E-state index >= 15 is 0 Å². The molecule has 5 nitrogen and oxygen atoms in total. The van der Waals surface area contributed by atoms with Crippen molar-refractivity contribution in [2.24, 2.45) is 12.8 Å². The molecule has 2 aromatic rings. The summed E-state index contributed by atoms with van der Waals surface area (Å²) in [6.07, 6.45) is 2.17. The number of ether oxygens (including phenoxy) is 1. The standard InChI is InChI=1S/C13H18N4O/c1-9-4-5-12(18-3)10(6-9)11(14)7-13-15-8-16-17(13)2/h4-6,8,11H,7,14H2,1-3H3. The minimum Gasteiger partial charge on any atom is -0.496 e. The largest absolute Gasteiger partial charge is 0.496 e. The molecule has 18 heavy (non-hydrogen) atoms. The molecule has 0 fully saturated rings. The Balaban J connectivity index is 2.25. The highest BCUT2D eigenvalue weighted by Gasteiger charge is 2.15. The van der Waals surface area contributed by atoms with E-state index in [0.717, 1.165) is 17.1 Å². The smallest absolute Gasteiger partial charge is 0.138 e. The number of nitrogens with two attached hydrogens (primary N) is 1. The van der Waals surface area contributed by atoms with E-state index in [4.69, 9.17) is 10.5 Å². The lowest BCUT2D eigenvalue weighted by Gasteiger charge is -2.16. The second kappa shape index (κ2) is 5.18. The van der Waals surface area contributed by atoms with Crippen molar-refractivity contribution in [3.05, 3.63) is 41.5 Å². The zero-order valence-corrected chi connectivity index (χ0v) is 10.9. The number of hydrogen-bond acceptors (Lipinski definition) is 4. The molecule has 0 spiro atoms. The van der Waals surface area contributed by atoms with E-state index in [0.29, 0.717) is 6.42 Å². The van der Waals surface area contributed by atoms with Gasteiger partial charge in [-0.25, -0.2) is 4.98 Å². The first kappa shape index (κ1) is 12.6. The number of aryl methyl sites for hydroxylation is 2. The minimum atomic E-state index is -0.150. The minimum absolute atomic E-state index is 0.150. The lowest BCUT2D eigenvalue weighted by Crippen LogP contribution is -2.17. The summed E-state index contributed by atoms with van der Waals surface area (Å²) in [7, 11) is 3.52.